The van der Waals surface area contributed by atoms with Gasteiger partial charge in [0.1, 0.15) is 11.7 Å². The van der Waals surface area contributed by atoms with Crippen LogP contribution in [0.4, 0.5) is 10.2 Å². The van der Waals surface area contributed by atoms with Gasteiger partial charge in [-0.05, 0) is 57.7 Å². The average Bonchev–Trinajstić information content (AvgIpc) is 3.52. The van der Waals surface area contributed by atoms with Crippen molar-refractivity contribution >= 4 is 35.3 Å². The molecule has 1 saturated heterocycles. The van der Waals surface area contributed by atoms with Crippen molar-refractivity contribution in [1.29, 1.82) is 0 Å². The summed E-state index contributed by atoms with van der Waals surface area (Å²) in [7, 11) is 0. The summed E-state index contributed by atoms with van der Waals surface area (Å²) >= 11 is 0. The first kappa shape index (κ1) is 27.7. The number of likely N-dealkylation sites (tertiary alicyclic amines) is 1. The molecule has 0 radical (unpaired) electrons. The first-order chi connectivity index (χ1) is 18.0. The Balaban J connectivity index is 0.00000186. The van der Waals surface area contributed by atoms with Crippen LogP contribution in [0.5, 0.6) is 5.75 Å². The van der Waals surface area contributed by atoms with Crippen LogP contribution < -0.4 is 10.1 Å². The number of allylic oxidation sites excluding steroid dienone is 1. The quantitative estimate of drug-likeness (QED) is 0.245. The Morgan fingerprint density at radius 2 is 2.08 bits per heavy atom. The van der Waals surface area contributed by atoms with Gasteiger partial charge in [0.15, 0.2) is 24.1 Å². The maximum Gasteiger partial charge on any atom is 0.181 e. The molecule has 198 valence electrons. The van der Waals surface area contributed by atoms with Crippen molar-refractivity contribution in [2.75, 3.05) is 25.1 Å². The number of hydrogen-bond donors (Lipinski definition) is 4. The highest BCUT2D eigenvalue weighted by Crippen LogP contribution is 2.27. The monoisotopic (exact) mass is 509 g/mol. The zero-order chi connectivity index (χ0) is 26.8. The Morgan fingerprint density at radius 3 is 2.78 bits per heavy atom. The lowest BCUT2D eigenvalue weighted by atomic mass is 10.1. The number of aliphatic hydroxyl groups is 1. The molecule has 2 aromatic heterocycles. The van der Waals surface area contributed by atoms with Crippen LogP contribution in [-0.2, 0) is 0 Å². The molecule has 4 N–H and O–H groups in total. The van der Waals surface area contributed by atoms with E-state index in [1.54, 1.807) is 24.3 Å². The molecule has 1 fully saturated rings. The molecule has 1 aliphatic heterocycles. The van der Waals surface area contributed by atoms with Crippen LogP contribution in [-0.4, -0.2) is 63.7 Å². The van der Waals surface area contributed by atoms with E-state index in [0.29, 0.717) is 48.8 Å². The van der Waals surface area contributed by atoms with Gasteiger partial charge in [-0.25, -0.2) is 14.4 Å². The lowest BCUT2D eigenvalue weighted by Crippen LogP contribution is -2.39. The van der Waals surface area contributed by atoms with E-state index in [4.69, 9.17) is 4.74 Å². The Bertz CT molecular complexity index is 1270. The van der Waals surface area contributed by atoms with E-state index in [1.165, 1.54) is 0 Å². The Kier molecular flexibility index (Phi) is 10.0. The fourth-order valence-corrected chi connectivity index (χ4v) is 3.94. The predicted octanol–water partition coefficient (Wildman–Crippen LogP) is 5.24. The van der Waals surface area contributed by atoms with E-state index in [1.807, 2.05) is 50.8 Å². The molecule has 1 aliphatic rings. The highest BCUT2D eigenvalue weighted by atomic mass is 19.1. The first-order valence-corrected chi connectivity index (χ1v) is 12.5. The molecular weight excluding hydrogens is 473 g/mol. The van der Waals surface area contributed by atoms with Crippen LogP contribution in [0.1, 0.15) is 45.0 Å². The zero-order valence-electron chi connectivity index (χ0n) is 21.9. The van der Waals surface area contributed by atoms with Gasteiger partial charge in [-0.1, -0.05) is 19.9 Å². The van der Waals surface area contributed by atoms with Crippen LogP contribution in [0.25, 0.3) is 17.0 Å². The van der Waals surface area contributed by atoms with Gasteiger partial charge >= 0.3 is 0 Å². The number of anilines is 1. The van der Waals surface area contributed by atoms with Gasteiger partial charge in [-0.3, -0.25) is 5.10 Å². The van der Waals surface area contributed by atoms with Crippen LogP contribution >= 0.6 is 0 Å². The number of aryl methyl sites for hydroxylation is 1. The zero-order valence-corrected chi connectivity index (χ0v) is 21.9. The number of nitrogens with one attached hydrogen (secondary N) is 3. The van der Waals surface area contributed by atoms with Crippen LogP contribution in [0, 0.1) is 12.7 Å². The molecule has 1 aromatic carbocycles. The summed E-state index contributed by atoms with van der Waals surface area (Å²) in [6.07, 6.45) is 6.48. The molecule has 0 aliphatic carbocycles. The molecule has 3 heterocycles. The van der Waals surface area contributed by atoms with Crippen molar-refractivity contribution in [3.63, 3.8) is 0 Å². The fourth-order valence-electron chi connectivity index (χ4n) is 3.94. The van der Waals surface area contributed by atoms with Crippen molar-refractivity contribution < 1.29 is 14.2 Å². The molecular formula is C27H36FN7O2. The maximum atomic E-state index is 14.9. The van der Waals surface area contributed by atoms with E-state index in [2.05, 4.69) is 37.2 Å². The summed E-state index contributed by atoms with van der Waals surface area (Å²) in [4.78, 5) is 13.8. The average molecular weight is 510 g/mol. The number of ether oxygens (including phenoxy) is 1. The van der Waals surface area contributed by atoms with Gasteiger partial charge in [0.05, 0.1) is 11.8 Å². The van der Waals surface area contributed by atoms with E-state index < -0.39 is 5.82 Å². The molecule has 0 amide bonds. The molecule has 10 heteroatoms. The lowest BCUT2D eigenvalue weighted by molar-refractivity contribution is 0.109. The summed E-state index contributed by atoms with van der Waals surface area (Å²) in [6, 6.07) is 6.97. The third-order valence-electron chi connectivity index (χ3n) is 5.71. The second kappa shape index (κ2) is 13.4. The third-order valence-corrected chi connectivity index (χ3v) is 5.71. The van der Waals surface area contributed by atoms with Gasteiger partial charge in [-0.15, -0.1) is 0 Å². The van der Waals surface area contributed by atoms with E-state index >= 15 is 0 Å². The number of rotatable bonds is 8. The molecule has 9 nitrogen and oxygen atoms in total. The number of amidine groups is 1. The Hall–Kier alpha value is -3.92. The van der Waals surface area contributed by atoms with Crippen LogP contribution in [0.3, 0.4) is 0 Å². The lowest BCUT2D eigenvalue weighted by Gasteiger charge is -2.31. The largest absolute Gasteiger partial charge is 0.468 e. The smallest absolute Gasteiger partial charge is 0.181 e. The van der Waals surface area contributed by atoms with Crippen LogP contribution in [0.2, 0.25) is 0 Å². The van der Waals surface area contributed by atoms with Crippen molar-refractivity contribution in [2.24, 2.45) is 9.98 Å². The highest BCUT2D eigenvalue weighted by molar-refractivity contribution is 5.94. The molecule has 0 bridgehead atoms. The van der Waals surface area contributed by atoms with Gasteiger partial charge < -0.3 is 25.0 Å². The van der Waals surface area contributed by atoms with Crippen molar-refractivity contribution in [3.8, 4) is 5.75 Å². The number of aromatic amines is 2. The standard InChI is InChI=1S/C25H30FN7O2.C2H6/c1-4-5-17-13-23(32-31-17)30-22(27-3)14-24(33-10-8-18(34)9-11-33)28-15-35-21-7-6-20-19(25(21)26)12-16(2)29-20;1-2/h4-7,12-14,18,29,34H,3,8-11,15H2,1-2H3,(H2,30,31,32);1-2H3/b5-4+,22-14+,28-24+;. The van der Waals surface area contributed by atoms with Crippen molar-refractivity contribution in [3.05, 3.63) is 59.4 Å². The topological polar surface area (TPSA) is 114 Å². The van der Waals surface area contributed by atoms with Gasteiger partial charge in [0.2, 0.25) is 0 Å². The molecule has 4 rings (SSSR count). The minimum Gasteiger partial charge on any atom is -0.468 e. The van der Waals surface area contributed by atoms with Gasteiger partial charge in [0.25, 0.3) is 0 Å². The molecule has 3 aromatic rings. The van der Waals surface area contributed by atoms with E-state index in [0.717, 1.165) is 16.9 Å². The summed E-state index contributed by atoms with van der Waals surface area (Å²) in [5, 5.41) is 20.6. The normalized spacial score (nSPS) is 15.1. The Morgan fingerprint density at radius 1 is 1.32 bits per heavy atom. The number of benzene rings is 1. The molecule has 0 saturated carbocycles. The fraction of sp³-hybridized carbons (Fsp3) is 0.370. The van der Waals surface area contributed by atoms with Crippen molar-refractivity contribution in [1.82, 2.24) is 20.1 Å². The van der Waals surface area contributed by atoms with Gasteiger partial charge in [-0.2, -0.15) is 5.10 Å². The molecule has 37 heavy (non-hydrogen) atoms. The summed E-state index contributed by atoms with van der Waals surface area (Å²) in [5.74, 6) is 1.33. The number of H-pyrrole nitrogens is 2. The summed E-state index contributed by atoms with van der Waals surface area (Å²) in [5.41, 5.74) is 2.44. The number of aliphatic hydroxyl groups excluding tert-OH is 1. The summed E-state index contributed by atoms with van der Waals surface area (Å²) in [6.45, 7) is 12.6. The Labute approximate surface area is 216 Å². The number of nitrogens with zero attached hydrogens (tertiary/aromatic N) is 4. The van der Waals surface area contributed by atoms with Crippen molar-refractivity contribution in [2.45, 2.75) is 46.6 Å². The SMILES string of the molecule is C=N/C(=C\C(=N/COc1ccc2[nH]c(C)cc2c1F)N1CCC(O)CC1)Nc1cc(/C=C/C)[nH]n1.CC. The van der Waals surface area contributed by atoms with E-state index in [9.17, 15) is 9.50 Å². The van der Waals surface area contributed by atoms with E-state index in [-0.39, 0.29) is 18.6 Å². The third kappa shape index (κ3) is 7.29. The predicted molar refractivity (Wildman–Crippen MR) is 149 cm³/mol. The first-order valence-electron chi connectivity index (χ1n) is 12.5. The maximum absolute atomic E-state index is 14.9. The highest BCUT2D eigenvalue weighted by Gasteiger charge is 2.20. The number of aromatic nitrogens is 3. The molecule has 0 unspecified atom stereocenters. The summed E-state index contributed by atoms with van der Waals surface area (Å²) < 4.78 is 20.6. The molecule has 0 atom stereocenters. The minimum atomic E-state index is -0.425. The number of hydrogen-bond acceptors (Lipinski definition) is 6. The second-order valence-corrected chi connectivity index (χ2v) is 8.32. The number of aliphatic imine (C=N–C) groups is 2. The second-order valence-electron chi connectivity index (χ2n) is 8.32. The van der Waals surface area contributed by atoms with Crippen LogP contribution in [0.15, 0.2) is 52.2 Å². The molecule has 0 spiro atoms. The number of fused-ring (bicyclic) bond motifs is 1. The number of piperidine rings is 1. The van der Waals surface area contributed by atoms with Gasteiger partial charge in [0, 0.05) is 41.8 Å². The number of halogens is 1. The minimum absolute atomic E-state index is 0.0883.